The number of methoxy groups -OCH3 is 1. The van der Waals surface area contributed by atoms with Crippen LogP contribution in [0.5, 0.6) is 11.5 Å². The molecule has 12 nitrogen and oxygen atoms in total. The zero-order chi connectivity index (χ0) is 24.5. The van der Waals surface area contributed by atoms with Gasteiger partial charge in [0, 0.05) is 30.0 Å². The van der Waals surface area contributed by atoms with Crippen molar-refractivity contribution in [3.05, 3.63) is 92.5 Å². The molecule has 0 bridgehead atoms. The zero-order valence-electron chi connectivity index (χ0n) is 17.8. The van der Waals surface area contributed by atoms with E-state index in [1.165, 1.54) is 61.9 Å². The van der Waals surface area contributed by atoms with Gasteiger partial charge in [-0.1, -0.05) is 6.07 Å². The Kier molecular flexibility index (Phi) is 7.68. The Morgan fingerprint density at radius 3 is 2.35 bits per heavy atom. The molecule has 0 aliphatic rings. The Labute approximate surface area is 193 Å². The SMILES string of the molecule is COc1cc(/C=N/Nc2ccc([N+](=O)[O-])cc2)ccc1OCC(=O)Nc1cccc([N+](=O)[O-])c1. The first-order chi connectivity index (χ1) is 16.4. The summed E-state index contributed by atoms with van der Waals surface area (Å²) in [5.41, 5.74) is 4.13. The number of nitrogens with zero attached hydrogens (tertiary/aromatic N) is 3. The van der Waals surface area contributed by atoms with Crippen LogP contribution < -0.4 is 20.2 Å². The molecule has 0 aliphatic carbocycles. The lowest BCUT2D eigenvalue weighted by molar-refractivity contribution is -0.385. The van der Waals surface area contributed by atoms with Crippen molar-refractivity contribution in [3.63, 3.8) is 0 Å². The van der Waals surface area contributed by atoms with Crippen LogP contribution in [0.2, 0.25) is 0 Å². The van der Waals surface area contributed by atoms with E-state index in [4.69, 9.17) is 9.47 Å². The van der Waals surface area contributed by atoms with Crippen LogP contribution in [0, 0.1) is 20.2 Å². The summed E-state index contributed by atoms with van der Waals surface area (Å²) < 4.78 is 10.8. The maximum atomic E-state index is 12.2. The molecule has 0 fully saturated rings. The molecule has 3 rings (SSSR count). The monoisotopic (exact) mass is 465 g/mol. The van der Waals surface area contributed by atoms with Gasteiger partial charge in [0.05, 0.1) is 28.9 Å². The second kappa shape index (κ2) is 11.0. The first-order valence-electron chi connectivity index (χ1n) is 9.74. The van der Waals surface area contributed by atoms with Crippen LogP contribution >= 0.6 is 0 Å². The third-order valence-electron chi connectivity index (χ3n) is 4.37. The number of nitro benzene ring substituents is 2. The Bertz CT molecular complexity index is 1230. The van der Waals surface area contributed by atoms with Crippen LogP contribution in [0.1, 0.15) is 5.56 Å². The molecule has 0 aliphatic heterocycles. The summed E-state index contributed by atoms with van der Waals surface area (Å²) in [7, 11) is 1.45. The van der Waals surface area contributed by atoms with Gasteiger partial charge in [-0.3, -0.25) is 30.4 Å². The number of nitrogens with one attached hydrogen (secondary N) is 2. The van der Waals surface area contributed by atoms with Crippen molar-refractivity contribution in [2.24, 2.45) is 5.10 Å². The molecular weight excluding hydrogens is 446 g/mol. The molecule has 3 aromatic rings. The van der Waals surface area contributed by atoms with Crippen molar-refractivity contribution in [1.82, 2.24) is 0 Å². The predicted octanol–water partition coefficient (Wildman–Crippen LogP) is 3.98. The molecule has 34 heavy (non-hydrogen) atoms. The molecule has 0 aromatic heterocycles. The molecule has 0 radical (unpaired) electrons. The first-order valence-corrected chi connectivity index (χ1v) is 9.74. The lowest BCUT2D eigenvalue weighted by Crippen LogP contribution is -2.20. The summed E-state index contributed by atoms with van der Waals surface area (Å²) in [6, 6.07) is 16.3. The van der Waals surface area contributed by atoms with Crippen molar-refractivity contribution in [1.29, 1.82) is 0 Å². The Hall–Kier alpha value is -5.00. The fourth-order valence-electron chi connectivity index (χ4n) is 2.76. The number of ether oxygens (including phenoxy) is 2. The lowest BCUT2D eigenvalue weighted by atomic mass is 10.2. The number of carbonyl (C=O) groups excluding carboxylic acids is 1. The average Bonchev–Trinajstić information content (AvgIpc) is 2.83. The normalized spacial score (nSPS) is 10.5. The highest BCUT2D eigenvalue weighted by Crippen LogP contribution is 2.27. The van der Waals surface area contributed by atoms with Crippen LogP contribution in [-0.2, 0) is 4.79 Å². The van der Waals surface area contributed by atoms with Gasteiger partial charge >= 0.3 is 0 Å². The molecule has 0 spiro atoms. The molecule has 0 atom stereocenters. The molecule has 2 N–H and O–H groups in total. The fraction of sp³-hybridized carbons (Fsp3) is 0.0909. The van der Waals surface area contributed by atoms with Crippen LogP contribution in [0.15, 0.2) is 71.8 Å². The van der Waals surface area contributed by atoms with Crippen molar-refractivity contribution in [2.75, 3.05) is 24.5 Å². The van der Waals surface area contributed by atoms with E-state index in [9.17, 15) is 25.0 Å². The smallest absolute Gasteiger partial charge is 0.271 e. The van der Waals surface area contributed by atoms with Gasteiger partial charge in [0.25, 0.3) is 17.3 Å². The molecule has 0 saturated heterocycles. The summed E-state index contributed by atoms with van der Waals surface area (Å²) in [5.74, 6) is 0.181. The Morgan fingerprint density at radius 1 is 0.941 bits per heavy atom. The van der Waals surface area contributed by atoms with Crippen LogP contribution in [-0.4, -0.2) is 35.7 Å². The summed E-state index contributed by atoms with van der Waals surface area (Å²) in [5, 5.41) is 28.1. The van der Waals surface area contributed by atoms with E-state index < -0.39 is 15.8 Å². The van der Waals surface area contributed by atoms with E-state index in [1.807, 2.05) is 0 Å². The van der Waals surface area contributed by atoms with Gasteiger partial charge in [-0.2, -0.15) is 5.10 Å². The highest BCUT2D eigenvalue weighted by molar-refractivity contribution is 5.92. The minimum absolute atomic E-state index is 0.0198. The first kappa shape index (κ1) is 23.7. The molecule has 1 amide bonds. The number of hydrazone groups is 1. The molecule has 3 aromatic carbocycles. The average molecular weight is 465 g/mol. The largest absolute Gasteiger partial charge is 0.493 e. The van der Waals surface area contributed by atoms with Crippen molar-refractivity contribution in [3.8, 4) is 11.5 Å². The van der Waals surface area contributed by atoms with E-state index in [1.54, 1.807) is 18.2 Å². The highest BCUT2D eigenvalue weighted by atomic mass is 16.6. The van der Waals surface area contributed by atoms with Crippen molar-refractivity contribution < 1.29 is 24.1 Å². The number of non-ortho nitro benzene ring substituents is 2. The van der Waals surface area contributed by atoms with Crippen molar-refractivity contribution in [2.45, 2.75) is 0 Å². The van der Waals surface area contributed by atoms with Gasteiger partial charge in [0.1, 0.15) is 0 Å². The van der Waals surface area contributed by atoms with E-state index in [2.05, 4.69) is 15.8 Å². The number of carbonyl (C=O) groups is 1. The van der Waals surface area contributed by atoms with E-state index in [-0.39, 0.29) is 23.7 Å². The van der Waals surface area contributed by atoms with Crippen LogP contribution in [0.3, 0.4) is 0 Å². The lowest BCUT2D eigenvalue weighted by Gasteiger charge is -2.11. The van der Waals surface area contributed by atoms with Crippen LogP contribution in [0.25, 0.3) is 0 Å². The molecule has 174 valence electrons. The quantitative estimate of drug-likeness (QED) is 0.258. The van der Waals surface area contributed by atoms with E-state index >= 15 is 0 Å². The Balaban J connectivity index is 1.57. The second-order valence-corrected chi connectivity index (χ2v) is 6.73. The zero-order valence-corrected chi connectivity index (χ0v) is 17.8. The van der Waals surface area contributed by atoms with Gasteiger partial charge in [-0.15, -0.1) is 0 Å². The number of hydrogen-bond acceptors (Lipinski definition) is 9. The van der Waals surface area contributed by atoms with Gasteiger partial charge in [0.2, 0.25) is 0 Å². The van der Waals surface area contributed by atoms with Crippen molar-refractivity contribution >= 4 is 34.9 Å². The second-order valence-electron chi connectivity index (χ2n) is 6.73. The minimum atomic E-state index is -0.552. The summed E-state index contributed by atoms with van der Waals surface area (Å²) in [6.45, 7) is -0.339. The van der Waals surface area contributed by atoms with Crippen LogP contribution in [0.4, 0.5) is 22.7 Å². The fourth-order valence-corrected chi connectivity index (χ4v) is 2.76. The van der Waals surface area contributed by atoms with E-state index in [0.717, 1.165) is 0 Å². The number of nitro groups is 2. The predicted molar refractivity (Wildman–Crippen MR) is 125 cm³/mol. The van der Waals surface area contributed by atoms with Gasteiger partial charge in [0.15, 0.2) is 18.1 Å². The summed E-state index contributed by atoms with van der Waals surface area (Å²) >= 11 is 0. The topological polar surface area (TPSA) is 158 Å². The standard InChI is InChI=1S/C22H19N5O7/c1-33-21-11-15(13-23-25-16-6-8-18(9-7-16)26(29)30)5-10-20(21)34-14-22(28)24-17-3-2-4-19(12-17)27(31)32/h2-13,25H,14H2,1H3,(H,24,28)/b23-13+. The summed E-state index contributed by atoms with van der Waals surface area (Å²) in [4.78, 5) is 32.6. The molecule has 12 heteroatoms. The number of rotatable bonds is 10. The molecule has 0 heterocycles. The van der Waals surface area contributed by atoms with E-state index in [0.29, 0.717) is 22.7 Å². The van der Waals surface area contributed by atoms with Gasteiger partial charge < -0.3 is 14.8 Å². The Morgan fingerprint density at radius 2 is 1.68 bits per heavy atom. The van der Waals surface area contributed by atoms with Gasteiger partial charge in [-0.25, -0.2) is 0 Å². The third kappa shape index (κ3) is 6.50. The maximum Gasteiger partial charge on any atom is 0.271 e. The highest BCUT2D eigenvalue weighted by Gasteiger charge is 2.11. The molecular formula is C22H19N5O7. The third-order valence-corrected chi connectivity index (χ3v) is 4.37. The van der Waals surface area contributed by atoms with Gasteiger partial charge in [-0.05, 0) is 42.0 Å². The number of amides is 1. The number of anilines is 2. The number of benzene rings is 3. The maximum absolute atomic E-state index is 12.2. The minimum Gasteiger partial charge on any atom is -0.493 e. The molecule has 0 unspecified atom stereocenters. The number of hydrogen-bond donors (Lipinski definition) is 2. The summed E-state index contributed by atoms with van der Waals surface area (Å²) in [6.07, 6.45) is 1.52. The molecule has 0 saturated carbocycles.